The largest absolute Gasteiger partial charge is 0.486 e. The second-order valence-electron chi connectivity index (χ2n) is 5.47. The van der Waals surface area contributed by atoms with Gasteiger partial charge in [-0.15, -0.1) is 11.3 Å². The van der Waals surface area contributed by atoms with E-state index in [1.807, 2.05) is 11.4 Å². The number of ether oxygens (including phenoxy) is 1. The lowest BCUT2D eigenvalue weighted by molar-refractivity contribution is 0.0475. The summed E-state index contributed by atoms with van der Waals surface area (Å²) in [7, 11) is 0. The number of nitrogens with zero attached hydrogens (tertiary/aromatic N) is 1. The van der Waals surface area contributed by atoms with Crippen molar-refractivity contribution < 1.29 is 23.6 Å². The fraction of sp³-hybridized carbons (Fsp3) is 0.105. The average molecular weight is 384 g/mol. The standard InChI is InChI=1S/C19H16N2O5S/c1-12(22)13-4-6-14(7-5-13)24-11-15-8-9-16(25-15)19(23)26-21-18(20)17-3-2-10-27-17/h2-10H,11H2,1H3,(H2,20,21). The topological polar surface area (TPSA) is 104 Å². The molecule has 8 heteroatoms. The van der Waals surface area contributed by atoms with Gasteiger partial charge in [0.15, 0.2) is 11.6 Å². The molecule has 1 aromatic carbocycles. The predicted molar refractivity (Wildman–Crippen MR) is 99.9 cm³/mol. The van der Waals surface area contributed by atoms with E-state index in [-0.39, 0.29) is 24.0 Å². The van der Waals surface area contributed by atoms with Crippen LogP contribution in [0.4, 0.5) is 0 Å². The Balaban J connectivity index is 1.55. The van der Waals surface area contributed by atoms with Crippen molar-refractivity contribution in [1.29, 1.82) is 0 Å². The van der Waals surface area contributed by atoms with Gasteiger partial charge in [-0.3, -0.25) is 4.79 Å². The van der Waals surface area contributed by atoms with Gasteiger partial charge in [-0.05, 0) is 54.8 Å². The van der Waals surface area contributed by atoms with Crippen molar-refractivity contribution in [2.24, 2.45) is 10.9 Å². The minimum Gasteiger partial charge on any atom is -0.486 e. The molecule has 2 heterocycles. The first-order valence-corrected chi connectivity index (χ1v) is 8.82. The van der Waals surface area contributed by atoms with Crippen LogP contribution in [0.3, 0.4) is 0 Å². The predicted octanol–water partition coefficient (Wildman–Crippen LogP) is 3.60. The summed E-state index contributed by atoms with van der Waals surface area (Å²) in [5.74, 6) is 0.344. The summed E-state index contributed by atoms with van der Waals surface area (Å²) >= 11 is 1.38. The van der Waals surface area contributed by atoms with E-state index >= 15 is 0 Å². The first kappa shape index (κ1) is 18.4. The van der Waals surface area contributed by atoms with Gasteiger partial charge in [0, 0.05) is 5.56 Å². The Morgan fingerprint density at radius 3 is 2.59 bits per heavy atom. The van der Waals surface area contributed by atoms with Crippen molar-refractivity contribution in [2.75, 3.05) is 0 Å². The summed E-state index contributed by atoms with van der Waals surface area (Å²) in [6, 6.07) is 13.4. The van der Waals surface area contributed by atoms with E-state index in [0.29, 0.717) is 22.0 Å². The summed E-state index contributed by atoms with van der Waals surface area (Å²) < 4.78 is 11.0. The van der Waals surface area contributed by atoms with Crippen LogP contribution in [0, 0.1) is 0 Å². The molecule has 3 aromatic rings. The number of nitrogens with two attached hydrogens (primary N) is 1. The number of oxime groups is 1. The summed E-state index contributed by atoms with van der Waals surface area (Å²) in [5, 5.41) is 5.44. The number of ketones is 1. The molecular formula is C19H16N2O5S. The van der Waals surface area contributed by atoms with Crippen LogP contribution in [0.15, 0.2) is 63.5 Å². The minimum absolute atomic E-state index is 0.0109. The van der Waals surface area contributed by atoms with Gasteiger partial charge in [-0.1, -0.05) is 11.2 Å². The molecule has 0 atom stereocenters. The van der Waals surface area contributed by atoms with Crippen LogP contribution in [-0.2, 0) is 11.4 Å². The van der Waals surface area contributed by atoms with Gasteiger partial charge in [0.05, 0.1) is 4.88 Å². The van der Waals surface area contributed by atoms with Crippen LogP contribution >= 0.6 is 11.3 Å². The van der Waals surface area contributed by atoms with Crippen LogP contribution in [0.5, 0.6) is 5.75 Å². The SMILES string of the molecule is CC(=O)c1ccc(OCc2ccc(C(=O)O/N=C(\N)c3cccs3)o2)cc1. The van der Waals surface area contributed by atoms with Crippen molar-refractivity contribution in [3.63, 3.8) is 0 Å². The molecule has 2 aromatic heterocycles. The average Bonchev–Trinajstić information content (AvgIpc) is 3.36. The molecule has 27 heavy (non-hydrogen) atoms. The van der Waals surface area contributed by atoms with E-state index in [1.54, 1.807) is 36.4 Å². The summed E-state index contributed by atoms with van der Waals surface area (Å²) in [6.07, 6.45) is 0. The Labute approximate surface area is 159 Å². The number of Topliss-reactive ketones (excluding diaryl/α,β-unsaturated/α-hetero) is 1. The third-order valence-electron chi connectivity index (χ3n) is 3.51. The summed E-state index contributed by atoms with van der Waals surface area (Å²) in [6.45, 7) is 1.62. The Bertz CT molecular complexity index is 958. The number of carbonyl (C=O) groups is 2. The Kier molecular flexibility index (Phi) is 5.68. The number of hydrogen-bond acceptors (Lipinski definition) is 7. The van der Waals surface area contributed by atoms with Gasteiger partial charge in [-0.25, -0.2) is 4.79 Å². The second kappa shape index (κ2) is 8.33. The molecular weight excluding hydrogens is 368 g/mol. The molecule has 7 nitrogen and oxygen atoms in total. The smallest absolute Gasteiger partial charge is 0.400 e. The highest BCUT2D eigenvalue weighted by Gasteiger charge is 2.14. The summed E-state index contributed by atoms with van der Waals surface area (Å²) in [5.41, 5.74) is 6.33. The zero-order chi connectivity index (χ0) is 19.2. The van der Waals surface area contributed by atoms with Gasteiger partial charge in [0.25, 0.3) is 0 Å². The molecule has 0 radical (unpaired) electrons. The molecule has 0 aliphatic rings. The molecule has 3 rings (SSSR count). The van der Waals surface area contributed by atoms with E-state index in [0.717, 1.165) is 0 Å². The number of thiophene rings is 1. The highest BCUT2D eigenvalue weighted by atomic mass is 32.1. The van der Waals surface area contributed by atoms with Gasteiger partial charge in [0.2, 0.25) is 5.76 Å². The van der Waals surface area contributed by atoms with E-state index in [9.17, 15) is 9.59 Å². The maximum Gasteiger partial charge on any atom is 0.400 e. The Hall–Kier alpha value is -3.39. The Morgan fingerprint density at radius 1 is 1.15 bits per heavy atom. The molecule has 0 fully saturated rings. The fourth-order valence-corrected chi connectivity index (χ4v) is 2.73. The highest BCUT2D eigenvalue weighted by Crippen LogP contribution is 2.16. The van der Waals surface area contributed by atoms with Crippen LogP contribution in [-0.4, -0.2) is 17.6 Å². The maximum absolute atomic E-state index is 12.0. The third-order valence-corrected chi connectivity index (χ3v) is 4.40. The van der Waals surface area contributed by atoms with E-state index in [1.165, 1.54) is 24.3 Å². The molecule has 0 saturated carbocycles. The lowest BCUT2D eigenvalue weighted by atomic mass is 10.1. The number of amidine groups is 1. The molecule has 0 aliphatic heterocycles. The van der Waals surface area contributed by atoms with Crippen LogP contribution in [0.25, 0.3) is 0 Å². The third kappa shape index (κ3) is 4.83. The van der Waals surface area contributed by atoms with Crippen LogP contribution in [0.2, 0.25) is 0 Å². The molecule has 0 saturated heterocycles. The second-order valence-corrected chi connectivity index (χ2v) is 6.42. The van der Waals surface area contributed by atoms with Crippen molar-refractivity contribution in [3.8, 4) is 5.75 Å². The quantitative estimate of drug-likeness (QED) is 0.219. The monoisotopic (exact) mass is 384 g/mol. The van der Waals surface area contributed by atoms with Crippen LogP contribution < -0.4 is 10.5 Å². The van der Waals surface area contributed by atoms with E-state index < -0.39 is 5.97 Å². The van der Waals surface area contributed by atoms with Crippen molar-refractivity contribution >= 4 is 28.9 Å². The van der Waals surface area contributed by atoms with Gasteiger partial charge in [0.1, 0.15) is 18.1 Å². The van der Waals surface area contributed by atoms with Crippen molar-refractivity contribution in [1.82, 2.24) is 0 Å². The fourth-order valence-electron chi connectivity index (χ4n) is 2.11. The lowest BCUT2D eigenvalue weighted by Gasteiger charge is -2.04. The minimum atomic E-state index is -0.758. The molecule has 0 unspecified atom stereocenters. The maximum atomic E-state index is 12.0. The lowest BCUT2D eigenvalue weighted by Crippen LogP contribution is -2.13. The number of carbonyl (C=O) groups excluding carboxylic acids is 2. The van der Waals surface area contributed by atoms with Gasteiger partial charge >= 0.3 is 5.97 Å². The van der Waals surface area contributed by atoms with Gasteiger partial charge in [-0.2, -0.15) is 0 Å². The van der Waals surface area contributed by atoms with Crippen molar-refractivity contribution in [2.45, 2.75) is 13.5 Å². The normalized spacial score (nSPS) is 11.2. The highest BCUT2D eigenvalue weighted by molar-refractivity contribution is 7.12. The number of benzene rings is 1. The molecule has 0 aliphatic carbocycles. The summed E-state index contributed by atoms with van der Waals surface area (Å²) in [4.78, 5) is 28.7. The first-order chi connectivity index (χ1) is 13.0. The van der Waals surface area contributed by atoms with E-state index in [4.69, 9.17) is 19.7 Å². The number of furan rings is 1. The van der Waals surface area contributed by atoms with Crippen molar-refractivity contribution in [3.05, 3.63) is 75.9 Å². The molecule has 0 spiro atoms. The number of rotatable bonds is 7. The zero-order valence-electron chi connectivity index (χ0n) is 14.4. The molecule has 138 valence electrons. The Morgan fingerprint density at radius 2 is 1.93 bits per heavy atom. The molecule has 0 bridgehead atoms. The van der Waals surface area contributed by atoms with Crippen LogP contribution in [0.1, 0.15) is 38.5 Å². The van der Waals surface area contributed by atoms with Gasteiger partial charge < -0.3 is 19.7 Å². The molecule has 2 N–H and O–H groups in total. The first-order valence-electron chi connectivity index (χ1n) is 7.94. The molecule has 0 amide bonds. The zero-order valence-corrected chi connectivity index (χ0v) is 15.2. The number of hydrogen-bond donors (Lipinski definition) is 1. The van der Waals surface area contributed by atoms with E-state index in [2.05, 4.69) is 5.16 Å².